The van der Waals surface area contributed by atoms with E-state index in [4.69, 9.17) is 17.3 Å². The third kappa shape index (κ3) is 4.14. The van der Waals surface area contributed by atoms with Gasteiger partial charge in [0.25, 0.3) is 5.69 Å². The molecule has 144 valence electrons. The zero-order valence-corrected chi connectivity index (χ0v) is 16.3. The first kappa shape index (κ1) is 18.8. The highest BCUT2D eigenvalue weighted by molar-refractivity contribution is 7.80. The largest absolute Gasteiger partial charge is 0.331 e. The molecule has 0 radical (unpaired) electrons. The molecule has 3 aromatic carbocycles. The average molecular weight is 402 g/mol. The smallest absolute Gasteiger partial charge is 0.269 e. The predicted molar refractivity (Wildman–Crippen MR) is 118 cm³/mol. The van der Waals surface area contributed by atoms with Gasteiger partial charge in [0.05, 0.1) is 16.7 Å². The van der Waals surface area contributed by atoms with Gasteiger partial charge in [-0.15, -0.1) is 0 Å². The molecule has 0 fully saturated rings. The Morgan fingerprint density at radius 3 is 2.41 bits per heavy atom. The second-order valence-electron chi connectivity index (χ2n) is 6.63. The van der Waals surface area contributed by atoms with Crippen molar-refractivity contribution < 1.29 is 4.92 Å². The second-order valence-corrected chi connectivity index (χ2v) is 7.01. The summed E-state index contributed by atoms with van der Waals surface area (Å²) in [7, 11) is 0. The molecule has 1 N–H and O–H groups in total. The molecule has 0 amide bonds. The van der Waals surface area contributed by atoms with E-state index in [2.05, 4.69) is 5.32 Å². The predicted octanol–water partition coefficient (Wildman–Crippen LogP) is 5.14. The monoisotopic (exact) mass is 402 g/mol. The van der Waals surface area contributed by atoms with Gasteiger partial charge in [-0.3, -0.25) is 10.1 Å². The molecule has 1 aliphatic rings. The Kier molecular flexibility index (Phi) is 5.31. The normalized spacial score (nSPS) is 15.7. The third-order valence-electron chi connectivity index (χ3n) is 4.72. The molecule has 1 atom stereocenters. The van der Waals surface area contributed by atoms with Gasteiger partial charge < -0.3 is 5.32 Å². The number of benzene rings is 3. The van der Waals surface area contributed by atoms with E-state index >= 15 is 0 Å². The molecule has 0 aliphatic carbocycles. The lowest BCUT2D eigenvalue weighted by Crippen LogP contribution is -2.31. The number of hydrogen-bond donors (Lipinski definition) is 1. The lowest BCUT2D eigenvalue weighted by atomic mass is 9.98. The Balaban J connectivity index is 1.68. The first-order valence-corrected chi connectivity index (χ1v) is 9.55. The van der Waals surface area contributed by atoms with Gasteiger partial charge in [0, 0.05) is 24.2 Å². The second kappa shape index (κ2) is 8.20. The van der Waals surface area contributed by atoms with E-state index in [0.717, 1.165) is 22.5 Å². The molecule has 0 bridgehead atoms. The minimum absolute atomic E-state index is 0.0533. The molecule has 7 heteroatoms. The summed E-state index contributed by atoms with van der Waals surface area (Å²) >= 11 is 5.63. The molecule has 3 aromatic rings. The number of thiocarbonyl (C=S) groups is 1. The number of hydrogen-bond acceptors (Lipinski definition) is 4. The number of hydrazone groups is 1. The van der Waals surface area contributed by atoms with E-state index in [1.807, 2.05) is 66.7 Å². The number of non-ortho nitro benzene ring substituents is 1. The number of anilines is 1. The Hall–Kier alpha value is -3.58. The molecular weight excluding hydrogens is 384 g/mol. The molecule has 0 unspecified atom stereocenters. The van der Waals surface area contributed by atoms with Gasteiger partial charge in [-0.05, 0) is 35.5 Å². The fourth-order valence-corrected chi connectivity index (χ4v) is 3.60. The minimum atomic E-state index is -0.387. The van der Waals surface area contributed by atoms with Crippen molar-refractivity contribution in [2.45, 2.75) is 12.5 Å². The summed E-state index contributed by atoms with van der Waals surface area (Å²) in [6.45, 7) is 0. The highest BCUT2D eigenvalue weighted by Crippen LogP contribution is 2.34. The van der Waals surface area contributed by atoms with Crippen LogP contribution >= 0.6 is 12.2 Å². The van der Waals surface area contributed by atoms with Gasteiger partial charge in [0.1, 0.15) is 0 Å². The Labute approximate surface area is 173 Å². The molecule has 6 nitrogen and oxygen atoms in total. The van der Waals surface area contributed by atoms with Crippen LogP contribution in [0, 0.1) is 10.1 Å². The first-order valence-electron chi connectivity index (χ1n) is 9.14. The maximum Gasteiger partial charge on any atom is 0.269 e. The molecule has 4 rings (SSSR count). The molecule has 0 saturated carbocycles. The van der Waals surface area contributed by atoms with Gasteiger partial charge >= 0.3 is 0 Å². The van der Waals surface area contributed by atoms with Gasteiger partial charge in [0.2, 0.25) is 0 Å². The summed E-state index contributed by atoms with van der Waals surface area (Å²) in [5.41, 5.74) is 3.61. The summed E-state index contributed by atoms with van der Waals surface area (Å²) in [4.78, 5) is 10.8. The van der Waals surface area contributed by atoms with Crippen LogP contribution in [0.2, 0.25) is 0 Å². The number of nitro benzene ring substituents is 1. The number of nitro groups is 1. The maximum absolute atomic E-state index is 11.2. The van der Waals surface area contributed by atoms with E-state index < -0.39 is 0 Å². The fourth-order valence-electron chi connectivity index (χ4n) is 3.31. The number of rotatable bonds is 4. The van der Waals surface area contributed by atoms with Crippen LogP contribution in [0.1, 0.15) is 23.6 Å². The lowest BCUT2D eigenvalue weighted by Gasteiger charge is -2.24. The first-order chi connectivity index (χ1) is 14.1. The quantitative estimate of drug-likeness (QED) is 0.372. The maximum atomic E-state index is 11.2. The van der Waals surface area contributed by atoms with E-state index in [9.17, 15) is 10.1 Å². The Morgan fingerprint density at radius 1 is 1.03 bits per heavy atom. The number of para-hydroxylation sites is 1. The van der Waals surface area contributed by atoms with Gasteiger partial charge in [-0.2, -0.15) is 5.10 Å². The van der Waals surface area contributed by atoms with Crippen LogP contribution in [0.4, 0.5) is 11.4 Å². The molecule has 0 aromatic heterocycles. The summed E-state index contributed by atoms with van der Waals surface area (Å²) in [5, 5.41) is 21.4. The summed E-state index contributed by atoms with van der Waals surface area (Å²) in [5.74, 6) is 0. The molecule has 1 heterocycles. The minimum Gasteiger partial charge on any atom is -0.331 e. The van der Waals surface area contributed by atoms with Crippen molar-refractivity contribution in [3.63, 3.8) is 0 Å². The SMILES string of the molecule is O=[N+]([O-])c1cccc([C@H]2CC(c3ccccc3)=NN2C(=S)Nc2ccccc2)c1. The van der Waals surface area contributed by atoms with E-state index in [1.165, 1.54) is 6.07 Å². The van der Waals surface area contributed by atoms with Crippen LogP contribution in [0.3, 0.4) is 0 Å². The average Bonchev–Trinajstić information content (AvgIpc) is 3.21. The third-order valence-corrected chi connectivity index (χ3v) is 5.01. The highest BCUT2D eigenvalue weighted by atomic mass is 32.1. The summed E-state index contributed by atoms with van der Waals surface area (Å²) in [6, 6.07) is 25.9. The van der Waals surface area contributed by atoms with Crippen LogP contribution in [0.5, 0.6) is 0 Å². The van der Waals surface area contributed by atoms with Gasteiger partial charge in [-0.1, -0.05) is 60.7 Å². The molecule has 1 aliphatic heterocycles. The summed E-state index contributed by atoms with van der Waals surface area (Å²) in [6.07, 6.45) is 0.599. The van der Waals surface area contributed by atoms with Crippen LogP contribution in [0.25, 0.3) is 0 Å². The lowest BCUT2D eigenvalue weighted by molar-refractivity contribution is -0.384. The van der Waals surface area contributed by atoms with Crippen molar-refractivity contribution in [3.8, 4) is 0 Å². The van der Waals surface area contributed by atoms with Gasteiger partial charge in [-0.25, -0.2) is 5.01 Å². The van der Waals surface area contributed by atoms with Crippen LogP contribution < -0.4 is 5.32 Å². The van der Waals surface area contributed by atoms with Crippen molar-refractivity contribution in [2.24, 2.45) is 5.10 Å². The zero-order chi connectivity index (χ0) is 20.2. The van der Waals surface area contributed by atoms with Crippen molar-refractivity contribution in [1.29, 1.82) is 0 Å². The highest BCUT2D eigenvalue weighted by Gasteiger charge is 2.32. The van der Waals surface area contributed by atoms with E-state index in [0.29, 0.717) is 11.5 Å². The number of nitrogens with zero attached hydrogens (tertiary/aromatic N) is 3. The van der Waals surface area contributed by atoms with E-state index in [1.54, 1.807) is 17.1 Å². The molecule has 0 saturated heterocycles. The standard InChI is InChI=1S/C22H18N4O2S/c27-26(28)19-13-7-10-17(14-19)21-15-20(16-8-3-1-4-9-16)24-25(21)22(29)23-18-11-5-2-6-12-18/h1-14,21H,15H2,(H,23,29)/t21-/m1/s1. The Morgan fingerprint density at radius 2 is 1.72 bits per heavy atom. The molecular formula is C22H18N4O2S. The van der Waals surface area contributed by atoms with Crippen LogP contribution in [0.15, 0.2) is 90.0 Å². The van der Waals surface area contributed by atoms with Crippen molar-refractivity contribution in [3.05, 3.63) is 106 Å². The molecule has 29 heavy (non-hydrogen) atoms. The molecule has 0 spiro atoms. The van der Waals surface area contributed by atoms with Crippen molar-refractivity contribution >= 4 is 34.4 Å². The van der Waals surface area contributed by atoms with Crippen LogP contribution in [-0.4, -0.2) is 20.8 Å². The Bertz CT molecular complexity index is 1070. The van der Waals surface area contributed by atoms with Gasteiger partial charge in [0.15, 0.2) is 5.11 Å². The van der Waals surface area contributed by atoms with E-state index in [-0.39, 0.29) is 16.7 Å². The van der Waals surface area contributed by atoms with Crippen molar-refractivity contribution in [2.75, 3.05) is 5.32 Å². The number of nitrogens with one attached hydrogen (secondary N) is 1. The topological polar surface area (TPSA) is 70.8 Å². The zero-order valence-electron chi connectivity index (χ0n) is 15.4. The fraction of sp³-hybridized carbons (Fsp3) is 0.0909. The van der Waals surface area contributed by atoms with Crippen molar-refractivity contribution in [1.82, 2.24) is 5.01 Å². The van der Waals surface area contributed by atoms with Crippen LogP contribution in [-0.2, 0) is 0 Å². The summed E-state index contributed by atoms with van der Waals surface area (Å²) < 4.78 is 0.